The second kappa shape index (κ2) is 9.35. The molecule has 1 aliphatic rings. The molecule has 0 saturated heterocycles. The molecule has 0 radical (unpaired) electrons. The third-order valence-corrected chi connectivity index (χ3v) is 4.80. The Balaban J connectivity index is 1.57. The summed E-state index contributed by atoms with van der Waals surface area (Å²) in [6, 6.07) is 13.6. The predicted octanol–water partition coefficient (Wildman–Crippen LogP) is 2.80. The summed E-state index contributed by atoms with van der Waals surface area (Å²) in [6.07, 6.45) is 0.707. The van der Waals surface area contributed by atoms with Crippen molar-refractivity contribution in [3.63, 3.8) is 0 Å². The molecule has 3 rings (SSSR count). The fourth-order valence-electron chi connectivity index (χ4n) is 3.07. The van der Waals surface area contributed by atoms with Crippen molar-refractivity contribution in [3.05, 3.63) is 70.8 Å². The number of imide groups is 1. The summed E-state index contributed by atoms with van der Waals surface area (Å²) in [4.78, 5) is 50.4. The Kier molecular flexibility index (Phi) is 6.61. The maximum atomic E-state index is 12.6. The third kappa shape index (κ3) is 4.92. The molecule has 0 unspecified atom stereocenters. The number of ether oxygens (including phenoxy) is 1. The second-order valence-electron chi connectivity index (χ2n) is 7.54. The van der Waals surface area contributed by atoms with Crippen LogP contribution in [0.15, 0.2) is 48.5 Å². The van der Waals surface area contributed by atoms with Gasteiger partial charge in [0, 0.05) is 13.1 Å². The first kappa shape index (κ1) is 21.2. The van der Waals surface area contributed by atoms with E-state index in [9.17, 15) is 19.2 Å². The molecule has 0 saturated carbocycles. The summed E-state index contributed by atoms with van der Waals surface area (Å²) < 4.78 is 5.05. The molecule has 2 aromatic rings. The number of amides is 3. The molecule has 0 aromatic heterocycles. The van der Waals surface area contributed by atoms with Crippen molar-refractivity contribution in [2.24, 2.45) is 5.92 Å². The maximum absolute atomic E-state index is 12.6. The van der Waals surface area contributed by atoms with Crippen molar-refractivity contribution in [1.29, 1.82) is 0 Å². The minimum absolute atomic E-state index is 0.122. The van der Waals surface area contributed by atoms with Crippen LogP contribution < -0.4 is 5.32 Å². The number of hydrogen-bond donors (Lipinski definition) is 1. The fraction of sp³-hybridized carbons (Fsp3) is 0.304. The molecule has 0 aliphatic carbocycles. The standard InChI is InChI=1S/C23H24N2O5/c1-15(2)10-11-25-21(27)18-9-8-17(12-19(18)22(25)28)23(29)30-14-20(26)24-13-16-6-4-3-5-7-16/h3-9,12,15H,10-11,13-14H2,1-2H3,(H,24,26). The lowest BCUT2D eigenvalue weighted by Gasteiger charge is -2.14. The van der Waals surface area contributed by atoms with Gasteiger partial charge in [0.2, 0.25) is 0 Å². The van der Waals surface area contributed by atoms with Crippen LogP contribution in [0, 0.1) is 5.92 Å². The van der Waals surface area contributed by atoms with Gasteiger partial charge in [-0.3, -0.25) is 19.3 Å². The number of rotatable bonds is 8. The highest BCUT2D eigenvalue weighted by Crippen LogP contribution is 2.25. The first-order valence-electron chi connectivity index (χ1n) is 9.85. The van der Waals surface area contributed by atoms with Crippen LogP contribution in [0.5, 0.6) is 0 Å². The van der Waals surface area contributed by atoms with E-state index < -0.39 is 24.4 Å². The van der Waals surface area contributed by atoms with Gasteiger partial charge in [-0.1, -0.05) is 44.2 Å². The van der Waals surface area contributed by atoms with Gasteiger partial charge in [0.15, 0.2) is 6.61 Å². The van der Waals surface area contributed by atoms with E-state index >= 15 is 0 Å². The molecular weight excluding hydrogens is 384 g/mol. The first-order chi connectivity index (χ1) is 14.4. The second-order valence-corrected chi connectivity index (χ2v) is 7.54. The van der Waals surface area contributed by atoms with Crippen LogP contribution in [-0.2, 0) is 16.1 Å². The normalized spacial score (nSPS) is 12.8. The summed E-state index contributed by atoms with van der Waals surface area (Å²) in [5.74, 6) is -1.57. The molecule has 156 valence electrons. The Morgan fingerprint density at radius 1 is 1.00 bits per heavy atom. The van der Waals surface area contributed by atoms with Gasteiger partial charge >= 0.3 is 5.97 Å². The molecule has 3 amide bonds. The Morgan fingerprint density at radius 3 is 2.40 bits per heavy atom. The molecule has 0 spiro atoms. The summed E-state index contributed by atoms with van der Waals surface area (Å²) in [5.41, 5.74) is 1.52. The van der Waals surface area contributed by atoms with Gasteiger partial charge in [0.25, 0.3) is 17.7 Å². The van der Waals surface area contributed by atoms with Gasteiger partial charge in [-0.05, 0) is 36.1 Å². The molecule has 1 aliphatic heterocycles. The SMILES string of the molecule is CC(C)CCN1C(=O)c2ccc(C(=O)OCC(=O)NCc3ccccc3)cc2C1=O. The Labute approximate surface area is 175 Å². The molecule has 0 fully saturated rings. The van der Waals surface area contributed by atoms with Crippen LogP contribution in [0.2, 0.25) is 0 Å². The smallest absolute Gasteiger partial charge is 0.338 e. The molecule has 1 N–H and O–H groups in total. The molecule has 2 aromatic carbocycles. The van der Waals surface area contributed by atoms with E-state index in [0.29, 0.717) is 25.4 Å². The summed E-state index contributed by atoms with van der Waals surface area (Å²) in [5, 5.41) is 2.67. The lowest BCUT2D eigenvalue weighted by Crippen LogP contribution is -2.31. The first-order valence-corrected chi connectivity index (χ1v) is 9.85. The molecule has 0 bridgehead atoms. The van der Waals surface area contributed by atoms with E-state index in [-0.39, 0.29) is 22.6 Å². The van der Waals surface area contributed by atoms with Crippen molar-refractivity contribution in [3.8, 4) is 0 Å². The predicted molar refractivity (Wildman–Crippen MR) is 110 cm³/mol. The van der Waals surface area contributed by atoms with Crippen LogP contribution in [0.4, 0.5) is 0 Å². The van der Waals surface area contributed by atoms with E-state index in [4.69, 9.17) is 4.74 Å². The monoisotopic (exact) mass is 408 g/mol. The highest BCUT2D eigenvalue weighted by atomic mass is 16.5. The van der Waals surface area contributed by atoms with Gasteiger partial charge in [0.05, 0.1) is 16.7 Å². The number of carbonyl (C=O) groups excluding carboxylic acids is 4. The topological polar surface area (TPSA) is 92.8 Å². The minimum Gasteiger partial charge on any atom is -0.452 e. The third-order valence-electron chi connectivity index (χ3n) is 4.80. The molecule has 0 atom stereocenters. The number of nitrogens with zero attached hydrogens (tertiary/aromatic N) is 1. The quantitative estimate of drug-likeness (QED) is 0.536. The summed E-state index contributed by atoms with van der Waals surface area (Å²) in [7, 11) is 0. The average Bonchev–Trinajstić information content (AvgIpc) is 2.99. The molecule has 7 heteroatoms. The van der Waals surface area contributed by atoms with Crippen molar-refractivity contribution in [2.75, 3.05) is 13.2 Å². The summed E-state index contributed by atoms with van der Waals surface area (Å²) >= 11 is 0. The zero-order chi connectivity index (χ0) is 21.7. The van der Waals surface area contributed by atoms with Crippen molar-refractivity contribution < 1.29 is 23.9 Å². The number of hydrogen-bond acceptors (Lipinski definition) is 5. The average molecular weight is 408 g/mol. The molecule has 1 heterocycles. The van der Waals surface area contributed by atoms with Crippen LogP contribution in [-0.4, -0.2) is 41.7 Å². The van der Waals surface area contributed by atoms with Crippen molar-refractivity contribution in [2.45, 2.75) is 26.8 Å². The highest BCUT2D eigenvalue weighted by Gasteiger charge is 2.35. The van der Waals surface area contributed by atoms with Gasteiger partial charge < -0.3 is 10.1 Å². The largest absolute Gasteiger partial charge is 0.452 e. The van der Waals surface area contributed by atoms with Gasteiger partial charge in [-0.15, -0.1) is 0 Å². The van der Waals surface area contributed by atoms with E-state index in [0.717, 1.165) is 5.56 Å². The van der Waals surface area contributed by atoms with E-state index in [1.165, 1.54) is 23.1 Å². The minimum atomic E-state index is -0.728. The van der Waals surface area contributed by atoms with E-state index in [2.05, 4.69) is 5.32 Å². The van der Waals surface area contributed by atoms with Crippen LogP contribution in [0.3, 0.4) is 0 Å². The number of fused-ring (bicyclic) bond motifs is 1. The zero-order valence-electron chi connectivity index (χ0n) is 17.0. The highest BCUT2D eigenvalue weighted by molar-refractivity contribution is 6.22. The van der Waals surface area contributed by atoms with Crippen molar-refractivity contribution in [1.82, 2.24) is 10.2 Å². The number of benzene rings is 2. The molecular formula is C23H24N2O5. The Morgan fingerprint density at radius 2 is 1.70 bits per heavy atom. The van der Waals surface area contributed by atoms with E-state index in [1.54, 1.807) is 0 Å². The maximum Gasteiger partial charge on any atom is 0.338 e. The van der Waals surface area contributed by atoms with Gasteiger partial charge in [-0.25, -0.2) is 4.79 Å². The lowest BCUT2D eigenvalue weighted by molar-refractivity contribution is -0.124. The lowest BCUT2D eigenvalue weighted by atomic mass is 10.1. The number of esters is 1. The molecule has 30 heavy (non-hydrogen) atoms. The molecule has 7 nitrogen and oxygen atoms in total. The fourth-order valence-corrected chi connectivity index (χ4v) is 3.07. The van der Waals surface area contributed by atoms with Gasteiger partial charge in [0.1, 0.15) is 0 Å². The van der Waals surface area contributed by atoms with Crippen molar-refractivity contribution >= 4 is 23.7 Å². The van der Waals surface area contributed by atoms with Crippen LogP contribution in [0.1, 0.15) is 56.9 Å². The number of nitrogens with one attached hydrogen (secondary N) is 1. The summed E-state index contributed by atoms with van der Waals surface area (Å²) in [6.45, 7) is 4.27. The van der Waals surface area contributed by atoms with Gasteiger partial charge in [-0.2, -0.15) is 0 Å². The number of carbonyl (C=O) groups is 4. The van der Waals surface area contributed by atoms with E-state index in [1.807, 2.05) is 44.2 Å². The Hall–Kier alpha value is -3.48. The van der Waals surface area contributed by atoms with Crippen LogP contribution >= 0.6 is 0 Å². The zero-order valence-corrected chi connectivity index (χ0v) is 17.0. The van der Waals surface area contributed by atoms with Crippen LogP contribution in [0.25, 0.3) is 0 Å². The Bertz CT molecular complexity index is 969.